The van der Waals surface area contributed by atoms with Crippen LogP contribution in [0.15, 0.2) is 0 Å². The zero-order valence-corrected chi connectivity index (χ0v) is 24.8. The number of aliphatic hydroxyl groups excluding tert-OH is 1. The van der Waals surface area contributed by atoms with Crippen molar-refractivity contribution in [2.24, 2.45) is 0 Å². The van der Waals surface area contributed by atoms with E-state index in [1.54, 1.807) is 0 Å². The lowest BCUT2D eigenvalue weighted by Gasteiger charge is -2.40. The average Bonchev–Trinajstić information content (AvgIpc) is 2.83. The van der Waals surface area contributed by atoms with Crippen LogP contribution in [-0.2, 0) is 9.47 Å². The van der Waals surface area contributed by atoms with Gasteiger partial charge in [-0.1, -0.05) is 129 Å². The van der Waals surface area contributed by atoms with E-state index in [-0.39, 0.29) is 18.9 Å². The molecule has 0 aliphatic rings. The molecule has 4 nitrogen and oxygen atoms in total. The standard InChI is InChI=1S/C31H66NO3/c1-6-8-10-12-14-16-18-20-22-24-28-34-30(3)31(32(4,5)26-27-33)35-29-25-23-21-19-17-15-13-11-9-7-2/h30-31,33H,6-29H2,1-5H3/q+1. The fourth-order valence-corrected chi connectivity index (χ4v) is 5.03. The lowest BCUT2D eigenvalue weighted by atomic mass is 10.1. The zero-order chi connectivity index (χ0) is 26.0. The van der Waals surface area contributed by atoms with Crippen molar-refractivity contribution in [1.29, 1.82) is 0 Å². The number of likely N-dealkylation sites (N-methyl/N-ethyl adjacent to an activating group) is 1. The molecule has 0 rings (SSSR count). The number of hydrogen-bond acceptors (Lipinski definition) is 3. The number of quaternary nitrogens is 1. The molecule has 0 saturated carbocycles. The minimum atomic E-state index is -0.0242. The maximum absolute atomic E-state index is 9.56. The SMILES string of the molecule is CCCCCCCCCCCCOC(C)C(OCCCCCCCCCCCC)[N+](C)(C)CCO. The molecule has 35 heavy (non-hydrogen) atoms. The molecule has 0 heterocycles. The topological polar surface area (TPSA) is 38.7 Å². The van der Waals surface area contributed by atoms with Crippen molar-refractivity contribution in [2.45, 2.75) is 162 Å². The van der Waals surface area contributed by atoms with Gasteiger partial charge in [-0.2, -0.15) is 0 Å². The van der Waals surface area contributed by atoms with Crippen molar-refractivity contribution in [3.05, 3.63) is 0 Å². The van der Waals surface area contributed by atoms with Crippen LogP contribution in [0.2, 0.25) is 0 Å². The molecule has 2 atom stereocenters. The second-order valence-electron chi connectivity index (χ2n) is 11.4. The minimum absolute atomic E-state index is 0.0242. The molecule has 0 aromatic rings. The second kappa shape index (κ2) is 25.5. The van der Waals surface area contributed by atoms with Crippen molar-refractivity contribution >= 4 is 0 Å². The third-order valence-corrected chi connectivity index (χ3v) is 7.43. The second-order valence-corrected chi connectivity index (χ2v) is 11.4. The first kappa shape index (κ1) is 34.8. The fourth-order valence-electron chi connectivity index (χ4n) is 5.03. The van der Waals surface area contributed by atoms with Gasteiger partial charge in [0.15, 0.2) is 0 Å². The van der Waals surface area contributed by atoms with Gasteiger partial charge in [-0.05, 0) is 19.8 Å². The molecule has 0 radical (unpaired) electrons. The molecule has 0 aromatic heterocycles. The fraction of sp³-hybridized carbons (Fsp3) is 1.00. The maximum atomic E-state index is 9.56. The smallest absolute Gasteiger partial charge is 0.219 e. The van der Waals surface area contributed by atoms with Crippen LogP contribution in [0.5, 0.6) is 0 Å². The van der Waals surface area contributed by atoms with E-state index in [2.05, 4.69) is 34.9 Å². The van der Waals surface area contributed by atoms with Crippen molar-refractivity contribution < 1.29 is 19.1 Å². The van der Waals surface area contributed by atoms with Crippen LogP contribution in [-0.4, -0.2) is 62.4 Å². The van der Waals surface area contributed by atoms with E-state index in [0.717, 1.165) is 26.1 Å². The Morgan fingerprint density at radius 1 is 0.543 bits per heavy atom. The Kier molecular flexibility index (Phi) is 25.4. The van der Waals surface area contributed by atoms with Crippen LogP contribution in [0.25, 0.3) is 0 Å². The third-order valence-electron chi connectivity index (χ3n) is 7.43. The Hall–Kier alpha value is -0.160. The van der Waals surface area contributed by atoms with Gasteiger partial charge in [-0.25, -0.2) is 0 Å². The highest BCUT2D eigenvalue weighted by Gasteiger charge is 2.34. The first-order chi connectivity index (χ1) is 17.0. The summed E-state index contributed by atoms with van der Waals surface area (Å²) < 4.78 is 13.3. The first-order valence-electron chi connectivity index (χ1n) is 15.7. The summed E-state index contributed by atoms with van der Waals surface area (Å²) in [5.74, 6) is 0. The van der Waals surface area contributed by atoms with Gasteiger partial charge >= 0.3 is 0 Å². The summed E-state index contributed by atoms with van der Waals surface area (Å²) in [7, 11) is 4.31. The predicted molar refractivity (Wildman–Crippen MR) is 153 cm³/mol. The summed E-state index contributed by atoms with van der Waals surface area (Å²) in [6.45, 7) is 9.18. The Bertz CT molecular complexity index is 416. The normalized spacial score (nSPS) is 13.9. The Morgan fingerprint density at radius 3 is 1.26 bits per heavy atom. The van der Waals surface area contributed by atoms with E-state index < -0.39 is 0 Å². The number of hydrogen-bond donors (Lipinski definition) is 1. The van der Waals surface area contributed by atoms with Crippen molar-refractivity contribution in [1.82, 2.24) is 0 Å². The summed E-state index contributed by atoms with van der Waals surface area (Å²) in [4.78, 5) is 0. The summed E-state index contributed by atoms with van der Waals surface area (Å²) in [5.41, 5.74) is 0. The van der Waals surface area contributed by atoms with Crippen molar-refractivity contribution in [3.8, 4) is 0 Å². The van der Waals surface area contributed by atoms with Gasteiger partial charge in [-0.15, -0.1) is 0 Å². The maximum Gasteiger partial charge on any atom is 0.219 e. The van der Waals surface area contributed by atoms with E-state index in [1.807, 2.05) is 0 Å². The summed E-state index contributed by atoms with van der Waals surface area (Å²) in [6, 6.07) is 0. The van der Waals surface area contributed by atoms with E-state index in [1.165, 1.54) is 116 Å². The van der Waals surface area contributed by atoms with E-state index in [9.17, 15) is 5.11 Å². The van der Waals surface area contributed by atoms with Crippen LogP contribution < -0.4 is 0 Å². The molecule has 0 fully saturated rings. The first-order valence-corrected chi connectivity index (χ1v) is 15.7. The monoisotopic (exact) mass is 501 g/mol. The molecule has 4 heteroatoms. The highest BCUT2D eigenvalue weighted by molar-refractivity contribution is 4.59. The Labute approximate surface area is 221 Å². The Morgan fingerprint density at radius 2 is 0.886 bits per heavy atom. The number of unbranched alkanes of at least 4 members (excludes halogenated alkanes) is 18. The molecule has 0 bridgehead atoms. The van der Waals surface area contributed by atoms with Crippen molar-refractivity contribution in [3.63, 3.8) is 0 Å². The molecule has 0 spiro atoms. The quantitative estimate of drug-likeness (QED) is 0.0663. The van der Waals surface area contributed by atoms with E-state index in [0.29, 0.717) is 11.0 Å². The molecular formula is C31H66NO3+. The number of ether oxygens (including phenoxy) is 2. The lowest BCUT2D eigenvalue weighted by molar-refractivity contribution is -0.941. The number of aliphatic hydroxyl groups is 1. The summed E-state index contributed by atoms with van der Waals surface area (Å²) in [6.07, 6.45) is 26.9. The highest BCUT2D eigenvalue weighted by atomic mass is 16.6. The average molecular weight is 501 g/mol. The predicted octanol–water partition coefficient (Wildman–Crippen LogP) is 8.64. The largest absolute Gasteiger partial charge is 0.391 e. The van der Waals surface area contributed by atoms with Crippen LogP contribution in [0.4, 0.5) is 0 Å². The molecule has 212 valence electrons. The van der Waals surface area contributed by atoms with Gasteiger partial charge in [0, 0.05) is 6.61 Å². The van der Waals surface area contributed by atoms with Gasteiger partial charge in [0.1, 0.15) is 12.6 Å². The van der Waals surface area contributed by atoms with E-state index in [4.69, 9.17) is 9.47 Å². The van der Waals surface area contributed by atoms with Gasteiger partial charge in [-0.3, -0.25) is 4.48 Å². The van der Waals surface area contributed by atoms with Gasteiger partial charge in [0.05, 0.1) is 27.3 Å². The molecule has 0 aliphatic carbocycles. The number of nitrogens with zero attached hydrogens (tertiary/aromatic N) is 1. The third kappa shape index (κ3) is 21.6. The van der Waals surface area contributed by atoms with Gasteiger partial charge in [0.2, 0.25) is 6.23 Å². The van der Waals surface area contributed by atoms with Crippen LogP contribution in [0, 0.1) is 0 Å². The molecule has 0 aliphatic heterocycles. The lowest BCUT2D eigenvalue weighted by Crippen LogP contribution is -2.57. The van der Waals surface area contributed by atoms with Crippen molar-refractivity contribution in [2.75, 3.05) is 40.5 Å². The molecule has 1 N–H and O–H groups in total. The van der Waals surface area contributed by atoms with Gasteiger partial charge < -0.3 is 14.6 Å². The minimum Gasteiger partial charge on any atom is -0.391 e. The van der Waals surface area contributed by atoms with Gasteiger partial charge in [0.25, 0.3) is 0 Å². The van der Waals surface area contributed by atoms with Crippen LogP contribution in [0.1, 0.15) is 149 Å². The van der Waals surface area contributed by atoms with Crippen LogP contribution >= 0.6 is 0 Å². The number of rotatable bonds is 28. The summed E-state index contributed by atoms with van der Waals surface area (Å²) in [5, 5.41) is 9.56. The zero-order valence-electron chi connectivity index (χ0n) is 24.8. The molecule has 0 saturated heterocycles. The molecule has 0 amide bonds. The van der Waals surface area contributed by atoms with Crippen LogP contribution in [0.3, 0.4) is 0 Å². The summed E-state index contributed by atoms with van der Waals surface area (Å²) >= 11 is 0. The highest BCUT2D eigenvalue weighted by Crippen LogP contribution is 2.18. The molecular weight excluding hydrogens is 434 g/mol. The molecule has 2 unspecified atom stereocenters. The van der Waals surface area contributed by atoms with E-state index >= 15 is 0 Å². The molecule has 0 aromatic carbocycles. The Balaban J connectivity index is 4.00.